The average Bonchev–Trinajstić information content (AvgIpc) is 3.10. The van der Waals surface area contributed by atoms with Gasteiger partial charge in [-0.2, -0.15) is 0 Å². The van der Waals surface area contributed by atoms with E-state index in [0.29, 0.717) is 17.1 Å². The van der Waals surface area contributed by atoms with Crippen LogP contribution in [0.25, 0.3) is 0 Å². The van der Waals surface area contributed by atoms with Gasteiger partial charge < -0.3 is 14.4 Å². The lowest BCUT2D eigenvalue weighted by Gasteiger charge is -2.26. The summed E-state index contributed by atoms with van der Waals surface area (Å²) in [7, 11) is 3.25. The summed E-state index contributed by atoms with van der Waals surface area (Å²) in [6.07, 6.45) is 1.96. The number of carbonyl (C=O) groups excluding carboxylic acids is 1. The summed E-state index contributed by atoms with van der Waals surface area (Å²) in [6.45, 7) is 0.772. The molecule has 24 heavy (non-hydrogen) atoms. The standard InChI is InChI=1S/C19H20BrNO3/c1-23-17-10-7-14(12-18(17)24-2)16-4-3-11-21(16)19(22)13-5-8-15(20)9-6-13/h5-10,12,16H,3-4,11H2,1-2H3. The number of rotatable bonds is 4. The Bertz CT molecular complexity index is 730. The number of ether oxygens (including phenoxy) is 2. The molecule has 3 rings (SSSR count). The monoisotopic (exact) mass is 389 g/mol. The predicted molar refractivity (Wildman–Crippen MR) is 96.7 cm³/mol. The van der Waals surface area contributed by atoms with Gasteiger partial charge in [-0.25, -0.2) is 0 Å². The van der Waals surface area contributed by atoms with Gasteiger partial charge >= 0.3 is 0 Å². The second kappa shape index (κ2) is 7.26. The van der Waals surface area contributed by atoms with Crippen molar-refractivity contribution in [1.29, 1.82) is 0 Å². The van der Waals surface area contributed by atoms with Gasteiger partial charge in [-0.05, 0) is 54.8 Å². The van der Waals surface area contributed by atoms with Gasteiger partial charge in [0.15, 0.2) is 11.5 Å². The molecule has 1 amide bonds. The van der Waals surface area contributed by atoms with Crippen molar-refractivity contribution in [3.05, 3.63) is 58.1 Å². The van der Waals surface area contributed by atoms with Gasteiger partial charge in [0.1, 0.15) is 0 Å². The highest BCUT2D eigenvalue weighted by Gasteiger charge is 2.31. The third-order valence-electron chi connectivity index (χ3n) is 4.40. The lowest BCUT2D eigenvalue weighted by Crippen LogP contribution is -2.30. The van der Waals surface area contributed by atoms with E-state index in [1.54, 1.807) is 14.2 Å². The molecule has 1 fully saturated rings. The Morgan fingerprint density at radius 1 is 1.08 bits per heavy atom. The third kappa shape index (κ3) is 3.26. The molecule has 126 valence electrons. The van der Waals surface area contributed by atoms with E-state index in [0.717, 1.165) is 29.4 Å². The number of amides is 1. The fourth-order valence-electron chi connectivity index (χ4n) is 3.17. The van der Waals surface area contributed by atoms with Gasteiger partial charge in [0.05, 0.1) is 20.3 Å². The summed E-state index contributed by atoms with van der Waals surface area (Å²) in [6, 6.07) is 13.5. The van der Waals surface area contributed by atoms with E-state index < -0.39 is 0 Å². The maximum absolute atomic E-state index is 12.9. The largest absolute Gasteiger partial charge is 0.493 e. The van der Waals surface area contributed by atoms with E-state index in [4.69, 9.17) is 9.47 Å². The average molecular weight is 390 g/mol. The van der Waals surface area contributed by atoms with Crippen molar-refractivity contribution >= 4 is 21.8 Å². The van der Waals surface area contributed by atoms with Crippen LogP contribution in [-0.2, 0) is 0 Å². The number of hydrogen-bond donors (Lipinski definition) is 0. The molecule has 0 aliphatic carbocycles. The molecule has 1 atom stereocenters. The van der Waals surface area contributed by atoms with Gasteiger partial charge in [0.2, 0.25) is 0 Å². The molecule has 2 aromatic carbocycles. The van der Waals surface area contributed by atoms with Crippen LogP contribution in [0.2, 0.25) is 0 Å². The lowest BCUT2D eigenvalue weighted by atomic mass is 10.0. The van der Waals surface area contributed by atoms with Gasteiger partial charge in [-0.1, -0.05) is 22.0 Å². The van der Waals surface area contributed by atoms with E-state index >= 15 is 0 Å². The first-order chi connectivity index (χ1) is 11.6. The molecular formula is C19H20BrNO3. The van der Waals surface area contributed by atoms with Gasteiger partial charge in [-0.3, -0.25) is 4.79 Å². The zero-order chi connectivity index (χ0) is 17.1. The third-order valence-corrected chi connectivity index (χ3v) is 4.93. The number of carbonyl (C=O) groups is 1. The minimum atomic E-state index is 0.0692. The summed E-state index contributed by atoms with van der Waals surface area (Å²) in [4.78, 5) is 14.8. The fourth-order valence-corrected chi connectivity index (χ4v) is 3.44. The van der Waals surface area contributed by atoms with Crippen LogP contribution in [0.3, 0.4) is 0 Å². The van der Waals surface area contributed by atoms with E-state index in [2.05, 4.69) is 15.9 Å². The second-order valence-electron chi connectivity index (χ2n) is 5.78. The van der Waals surface area contributed by atoms with Crippen molar-refractivity contribution in [2.24, 2.45) is 0 Å². The molecule has 1 aliphatic rings. The number of nitrogens with zero attached hydrogens (tertiary/aromatic N) is 1. The van der Waals surface area contributed by atoms with Crippen LogP contribution in [-0.4, -0.2) is 31.6 Å². The van der Waals surface area contributed by atoms with E-state index in [-0.39, 0.29) is 11.9 Å². The molecule has 1 aliphatic heterocycles. The zero-order valence-corrected chi connectivity index (χ0v) is 15.4. The van der Waals surface area contributed by atoms with Crippen molar-refractivity contribution in [2.45, 2.75) is 18.9 Å². The van der Waals surface area contributed by atoms with Crippen LogP contribution in [0.1, 0.15) is 34.8 Å². The quantitative estimate of drug-likeness (QED) is 0.775. The van der Waals surface area contributed by atoms with Crippen LogP contribution in [0, 0.1) is 0 Å². The molecule has 0 saturated carbocycles. The topological polar surface area (TPSA) is 38.8 Å². The highest BCUT2D eigenvalue weighted by molar-refractivity contribution is 9.10. The number of halogens is 1. The minimum absolute atomic E-state index is 0.0692. The smallest absolute Gasteiger partial charge is 0.254 e. The summed E-state index contributed by atoms with van der Waals surface area (Å²) in [5.74, 6) is 1.46. The van der Waals surface area contributed by atoms with Crippen molar-refractivity contribution in [3.63, 3.8) is 0 Å². The van der Waals surface area contributed by atoms with Crippen LogP contribution in [0.15, 0.2) is 46.9 Å². The molecular weight excluding hydrogens is 370 g/mol. The first-order valence-electron chi connectivity index (χ1n) is 7.92. The van der Waals surface area contributed by atoms with Gasteiger partial charge in [0, 0.05) is 16.6 Å². The number of benzene rings is 2. The maximum Gasteiger partial charge on any atom is 0.254 e. The number of hydrogen-bond acceptors (Lipinski definition) is 3. The highest BCUT2D eigenvalue weighted by atomic mass is 79.9. The molecule has 1 saturated heterocycles. The van der Waals surface area contributed by atoms with E-state index in [1.807, 2.05) is 47.4 Å². The van der Waals surface area contributed by atoms with Crippen molar-refractivity contribution in [3.8, 4) is 11.5 Å². The normalized spacial score (nSPS) is 17.0. The number of likely N-dealkylation sites (tertiary alicyclic amines) is 1. The summed E-state index contributed by atoms with van der Waals surface area (Å²) < 4.78 is 11.7. The van der Waals surface area contributed by atoms with Crippen LogP contribution in [0.5, 0.6) is 11.5 Å². The first-order valence-corrected chi connectivity index (χ1v) is 8.72. The summed E-state index contributed by atoms with van der Waals surface area (Å²) in [5, 5.41) is 0. The summed E-state index contributed by atoms with van der Waals surface area (Å²) in [5.41, 5.74) is 1.79. The van der Waals surface area contributed by atoms with E-state index in [9.17, 15) is 4.79 Å². The zero-order valence-electron chi connectivity index (χ0n) is 13.8. The molecule has 4 nitrogen and oxygen atoms in total. The van der Waals surface area contributed by atoms with Crippen molar-refractivity contribution in [2.75, 3.05) is 20.8 Å². The predicted octanol–water partition coefficient (Wildman–Crippen LogP) is 4.44. The molecule has 0 aromatic heterocycles. The first kappa shape index (κ1) is 16.8. The molecule has 5 heteroatoms. The Morgan fingerprint density at radius 3 is 2.46 bits per heavy atom. The van der Waals surface area contributed by atoms with Crippen molar-refractivity contribution in [1.82, 2.24) is 4.90 Å². The number of methoxy groups -OCH3 is 2. The Morgan fingerprint density at radius 2 is 1.79 bits per heavy atom. The molecule has 1 unspecified atom stereocenters. The molecule has 1 heterocycles. The van der Waals surface area contributed by atoms with Crippen molar-refractivity contribution < 1.29 is 14.3 Å². The SMILES string of the molecule is COc1ccc(C2CCCN2C(=O)c2ccc(Br)cc2)cc1OC. The Balaban J connectivity index is 1.87. The molecule has 0 radical (unpaired) electrons. The maximum atomic E-state index is 12.9. The molecule has 0 N–H and O–H groups in total. The summed E-state index contributed by atoms with van der Waals surface area (Å²) >= 11 is 3.41. The fraction of sp³-hybridized carbons (Fsp3) is 0.316. The molecule has 0 spiro atoms. The lowest BCUT2D eigenvalue weighted by molar-refractivity contribution is 0.0735. The van der Waals surface area contributed by atoms with Crippen LogP contribution >= 0.6 is 15.9 Å². The van der Waals surface area contributed by atoms with Crippen LogP contribution < -0.4 is 9.47 Å². The second-order valence-corrected chi connectivity index (χ2v) is 6.69. The molecule has 0 bridgehead atoms. The molecule has 2 aromatic rings. The Labute approximate surface area is 150 Å². The van der Waals surface area contributed by atoms with Gasteiger partial charge in [0.25, 0.3) is 5.91 Å². The van der Waals surface area contributed by atoms with E-state index in [1.165, 1.54) is 0 Å². The Hall–Kier alpha value is -2.01. The van der Waals surface area contributed by atoms with Crippen LogP contribution in [0.4, 0.5) is 0 Å². The highest BCUT2D eigenvalue weighted by Crippen LogP contribution is 2.37. The Kier molecular flexibility index (Phi) is 5.09. The minimum Gasteiger partial charge on any atom is -0.493 e. The van der Waals surface area contributed by atoms with Gasteiger partial charge in [-0.15, -0.1) is 0 Å².